The number of carboxylic acids is 1. The van der Waals surface area contributed by atoms with Crippen LogP contribution in [0.15, 0.2) is 18.2 Å². The number of thiophene rings is 1. The van der Waals surface area contributed by atoms with Crippen LogP contribution in [0.4, 0.5) is 10.1 Å². The van der Waals surface area contributed by atoms with Crippen molar-refractivity contribution >= 4 is 33.1 Å². The van der Waals surface area contributed by atoms with Crippen molar-refractivity contribution in [2.75, 3.05) is 5.73 Å². The van der Waals surface area contributed by atoms with Crippen molar-refractivity contribution < 1.29 is 14.3 Å². The molecule has 0 saturated carbocycles. The summed E-state index contributed by atoms with van der Waals surface area (Å²) in [6, 6.07) is 4.03. The first-order chi connectivity index (χ1) is 6.59. The summed E-state index contributed by atoms with van der Waals surface area (Å²) in [6.07, 6.45) is 0. The molecule has 2 rings (SSSR count). The Morgan fingerprint density at radius 1 is 1.50 bits per heavy atom. The van der Waals surface area contributed by atoms with E-state index in [0.29, 0.717) is 10.1 Å². The lowest BCUT2D eigenvalue weighted by Gasteiger charge is -1.91. The van der Waals surface area contributed by atoms with E-state index in [2.05, 4.69) is 0 Å². The number of fused-ring (bicyclic) bond motifs is 1. The summed E-state index contributed by atoms with van der Waals surface area (Å²) in [7, 11) is 0. The summed E-state index contributed by atoms with van der Waals surface area (Å²) in [5.41, 5.74) is 5.80. The highest BCUT2D eigenvalue weighted by atomic mass is 32.1. The monoisotopic (exact) mass is 211 g/mol. The number of hydrogen-bond acceptors (Lipinski definition) is 3. The minimum absolute atomic E-state index is 0.0607. The molecule has 0 atom stereocenters. The quantitative estimate of drug-likeness (QED) is 0.760. The summed E-state index contributed by atoms with van der Waals surface area (Å²) in [5.74, 6) is -1.47. The summed E-state index contributed by atoms with van der Waals surface area (Å²) in [5, 5.41) is 9.36. The van der Waals surface area contributed by atoms with Gasteiger partial charge in [-0.05, 0) is 18.2 Å². The lowest BCUT2D eigenvalue weighted by atomic mass is 10.2. The van der Waals surface area contributed by atoms with Crippen LogP contribution in [0.1, 0.15) is 9.67 Å². The van der Waals surface area contributed by atoms with E-state index in [1.807, 2.05) is 0 Å². The van der Waals surface area contributed by atoms with Crippen LogP contribution in [0.3, 0.4) is 0 Å². The highest BCUT2D eigenvalue weighted by Gasteiger charge is 2.15. The molecule has 0 spiro atoms. The average Bonchev–Trinajstić information content (AvgIpc) is 2.43. The van der Waals surface area contributed by atoms with Crippen molar-refractivity contribution in [1.82, 2.24) is 0 Å². The number of carbonyl (C=O) groups is 1. The Labute approximate surface area is 82.6 Å². The minimum Gasteiger partial charge on any atom is -0.477 e. The van der Waals surface area contributed by atoms with Crippen LogP contribution in [-0.4, -0.2) is 11.1 Å². The molecule has 0 saturated heterocycles. The van der Waals surface area contributed by atoms with Crippen LogP contribution in [0, 0.1) is 5.82 Å². The molecule has 5 heteroatoms. The number of nitrogen functional groups attached to an aromatic ring is 1. The normalized spacial score (nSPS) is 10.6. The molecule has 0 aliphatic carbocycles. The van der Waals surface area contributed by atoms with Crippen molar-refractivity contribution in [3.05, 3.63) is 28.9 Å². The molecule has 3 N–H and O–H groups in total. The zero-order valence-corrected chi connectivity index (χ0v) is 7.77. The van der Waals surface area contributed by atoms with Gasteiger partial charge in [0.15, 0.2) is 0 Å². The number of benzene rings is 1. The number of nitrogens with two attached hydrogens (primary N) is 1. The topological polar surface area (TPSA) is 63.3 Å². The van der Waals surface area contributed by atoms with Gasteiger partial charge < -0.3 is 10.8 Å². The number of hydrogen-bond donors (Lipinski definition) is 2. The number of aromatic carboxylic acids is 1. The maximum absolute atomic E-state index is 12.8. The van der Waals surface area contributed by atoms with E-state index in [9.17, 15) is 9.18 Å². The third kappa shape index (κ3) is 1.22. The maximum atomic E-state index is 12.8. The first-order valence-corrected chi connectivity index (χ1v) is 4.62. The number of rotatable bonds is 1. The van der Waals surface area contributed by atoms with E-state index >= 15 is 0 Å². The molecule has 0 unspecified atom stereocenters. The standard InChI is InChI=1S/C9H6FNO2S/c10-4-1-2-5-6(3-4)14-8(7(5)11)9(12)13/h1-3H,11H2,(H,12,13). The third-order valence-electron chi connectivity index (χ3n) is 1.88. The second-order valence-electron chi connectivity index (χ2n) is 2.79. The Balaban J connectivity index is 2.79. The van der Waals surface area contributed by atoms with Crippen LogP contribution < -0.4 is 5.73 Å². The van der Waals surface area contributed by atoms with Gasteiger partial charge in [0.2, 0.25) is 0 Å². The molecule has 0 bridgehead atoms. The lowest BCUT2D eigenvalue weighted by molar-refractivity contribution is 0.0703. The van der Waals surface area contributed by atoms with Gasteiger partial charge in [0, 0.05) is 10.1 Å². The zero-order chi connectivity index (χ0) is 10.3. The highest BCUT2D eigenvalue weighted by Crippen LogP contribution is 2.33. The van der Waals surface area contributed by atoms with E-state index in [-0.39, 0.29) is 10.6 Å². The predicted molar refractivity (Wildman–Crippen MR) is 53.2 cm³/mol. The molecule has 0 amide bonds. The molecule has 1 heterocycles. The molecule has 2 aromatic rings. The first kappa shape index (κ1) is 8.96. The van der Waals surface area contributed by atoms with Crippen LogP contribution in [0.5, 0.6) is 0 Å². The highest BCUT2D eigenvalue weighted by molar-refractivity contribution is 7.21. The van der Waals surface area contributed by atoms with Gasteiger partial charge in [0.25, 0.3) is 0 Å². The van der Waals surface area contributed by atoms with Crippen molar-refractivity contribution in [2.24, 2.45) is 0 Å². The third-order valence-corrected chi connectivity index (χ3v) is 3.04. The fourth-order valence-corrected chi connectivity index (χ4v) is 2.24. The van der Waals surface area contributed by atoms with E-state index in [0.717, 1.165) is 11.3 Å². The molecule has 0 aliphatic heterocycles. The molecule has 14 heavy (non-hydrogen) atoms. The summed E-state index contributed by atoms with van der Waals surface area (Å²) >= 11 is 0.982. The minimum atomic E-state index is -1.08. The molecule has 72 valence electrons. The maximum Gasteiger partial charge on any atom is 0.348 e. The van der Waals surface area contributed by atoms with Crippen LogP contribution in [0.25, 0.3) is 10.1 Å². The summed E-state index contributed by atoms with van der Waals surface area (Å²) in [6.45, 7) is 0. The van der Waals surface area contributed by atoms with Gasteiger partial charge in [-0.15, -0.1) is 11.3 Å². The smallest absolute Gasteiger partial charge is 0.348 e. The Bertz CT molecular complexity index is 521. The zero-order valence-electron chi connectivity index (χ0n) is 6.95. The average molecular weight is 211 g/mol. The van der Waals surface area contributed by atoms with Gasteiger partial charge in [0.05, 0.1) is 5.69 Å². The SMILES string of the molecule is Nc1c(C(=O)O)sc2cc(F)ccc12. The van der Waals surface area contributed by atoms with Crippen LogP contribution in [0.2, 0.25) is 0 Å². The fraction of sp³-hybridized carbons (Fsp3) is 0. The second-order valence-corrected chi connectivity index (χ2v) is 3.84. The molecule has 0 radical (unpaired) electrons. The van der Waals surface area contributed by atoms with Gasteiger partial charge in [0.1, 0.15) is 10.7 Å². The Hall–Kier alpha value is -1.62. The van der Waals surface area contributed by atoms with Crippen LogP contribution in [-0.2, 0) is 0 Å². The van der Waals surface area contributed by atoms with Gasteiger partial charge in [-0.1, -0.05) is 0 Å². The van der Waals surface area contributed by atoms with Gasteiger partial charge in [-0.2, -0.15) is 0 Å². The molecule has 1 aromatic heterocycles. The number of halogens is 1. The van der Waals surface area contributed by atoms with Gasteiger partial charge in [-0.3, -0.25) is 0 Å². The lowest BCUT2D eigenvalue weighted by Crippen LogP contribution is -1.96. The largest absolute Gasteiger partial charge is 0.477 e. The summed E-state index contributed by atoms with van der Waals surface area (Å²) in [4.78, 5) is 10.8. The van der Waals surface area contributed by atoms with E-state index in [1.165, 1.54) is 18.2 Å². The number of carboxylic acid groups (broad SMARTS) is 1. The second kappa shape index (κ2) is 2.95. The van der Waals surface area contributed by atoms with Crippen molar-refractivity contribution in [3.8, 4) is 0 Å². The Morgan fingerprint density at radius 3 is 2.86 bits per heavy atom. The van der Waals surface area contributed by atoms with Crippen molar-refractivity contribution in [2.45, 2.75) is 0 Å². The predicted octanol–water partition coefficient (Wildman–Crippen LogP) is 2.32. The molecule has 3 nitrogen and oxygen atoms in total. The first-order valence-electron chi connectivity index (χ1n) is 3.80. The number of anilines is 1. The van der Waals surface area contributed by atoms with Gasteiger partial charge in [-0.25, -0.2) is 9.18 Å². The molecular formula is C9H6FNO2S. The Kier molecular flexibility index (Phi) is 1.89. The van der Waals surface area contributed by atoms with E-state index in [1.54, 1.807) is 0 Å². The van der Waals surface area contributed by atoms with E-state index in [4.69, 9.17) is 10.8 Å². The van der Waals surface area contributed by atoms with Gasteiger partial charge >= 0.3 is 5.97 Å². The van der Waals surface area contributed by atoms with Crippen LogP contribution >= 0.6 is 11.3 Å². The fourth-order valence-electron chi connectivity index (χ4n) is 1.25. The molecule has 1 aromatic carbocycles. The van der Waals surface area contributed by atoms with Crippen molar-refractivity contribution in [1.29, 1.82) is 0 Å². The molecular weight excluding hydrogens is 205 g/mol. The molecule has 0 fully saturated rings. The van der Waals surface area contributed by atoms with E-state index < -0.39 is 11.8 Å². The summed E-state index contributed by atoms with van der Waals surface area (Å²) < 4.78 is 13.4. The molecule has 0 aliphatic rings. The Morgan fingerprint density at radius 2 is 2.21 bits per heavy atom. The van der Waals surface area contributed by atoms with Crippen molar-refractivity contribution in [3.63, 3.8) is 0 Å².